The van der Waals surface area contributed by atoms with Gasteiger partial charge in [0.2, 0.25) is 5.91 Å². The van der Waals surface area contributed by atoms with Gasteiger partial charge in [-0.05, 0) is 75.6 Å². The van der Waals surface area contributed by atoms with Crippen molar-refractivity contribution >= 4 is 56.0 Å². The molecule has 0 aliphatic carbocycles. The Labute approximate surface area is 197 Å². The van der Waals surface area contributed by atoms with Gasteiger partial charge in [-0.3, -0.25) is 9.69 Å². The number of benzene rings is 2. The molecule has 0 N–H and O–H groups in total. The molecule has 1 heterocycles. The van der Waals surface area contributed by atoms with Crippen molar-refractivity contribution in [3.05, 3.63) is 47.5 Å². The van der Waals surface area contributed by atoms with Gasteiger partial charge in [-0.2, -0.15) is 0 Å². The molecule has 0 unspecified atom stereocenters. The number of anilines is 1. The minimum Gasteiger partial charge on any atom is -0.494 e. The molecule has 0 bridgehead atoms. The maximum Gasteiger partial charge on any atom is 0.228 e. The van der Waals surface area contributed by atoms with Gasteiger partial charge in [0.1, 0.15) is 11.3 Å². The number of nitrogens with zero attached hydrogens (tertiary/aromatic N) is 3. The van der Waals surface area contributed by atoms with Crippen molar-refractivity contribution in [1.29, 1.82) is 0 Å². The average Bonchev–Trinajstić information content (AvgIpc) is 3.19. The number of aromatic nitrogens is 1. The normalized spacial score (nSPS) is 11.3. The summed E-state index contributed by atoms with van der Waals surface area (Å²) in [7, 11) is 5.73. The number of hydrogen-bond acceptors (Lipinski definition) is 6. The molecule has 0 saturated heterocycles. The van der Waals surface area contributed by atoms with Crippen molar-refractivity contribution in [2.24, 2.45) is 0 Å². The number of carbonyl (C=O) groups is 1. The van der Waals surface area contributed by atoms with Crippen molar-refractivity contribution in [1.82, 2.24) is 9.88 Å². The number of ether oxygens (including phenoxy) is 1. The fourth-order valence-electron chi connectivity index (χ4n) is 3.14. The molecule has 0 spiro atoms. The zero-order valence-electron chi connectivity index (χ0n) is 18.1. The number of fused-ring (bicyclic) bond motifs is 1. The van der Waals surface area contributed by atoms with Crippen molar-refractivity contribution < 1.29 is 9.53 Å². The molecule has 3 rings (SSSR count). The number of carbonyl (C=O) groups excluding carboxylic acids is 1. The maximum absolute atomic E-state index is 13.1. The van der Waals surface area contributed by atoms with Crippen LogP contribution in [0, 0.1) is 0 Å². The maximum atomic E-state index is 13.1. The molecule has 3 aromatic rings. The van der Waals surface area contributed by atoms with Crippen molar-refractivity contribution in [2.75, 3.05) is 44.9 Å². The van der Waals surface area contributed by atoms with E-state index in [0.29, 0.717) is 13.0 Å². The van der Waals surface area contributed by atoms with Crippen LogP contribution >= 0.6 is 34.7 Å². The molecule has 5 nitrogen and oxygen atoms in total. The van der Waals surface area contributed by atoms with Crippen molar-refractivity contribution in [2.45, 2.75) is 24.2 Å². The van der Waals surface area contributed by atoms with Crippen LogP contribution in [-0.2, 0) is 4.79 Å². The molecule has 0 atom stereocenters. The highest BCUT2D eigenvalue weighted by Gasteiger charge is 2.20. The standard InChI is InChI=1S/C23H28ClN3O2S2/c1-26(2)14-6-15-27(23-25-22-19(29-3)7-4-8-20(22)31-23)21(28)9-5-16-30-18-12-10-17(24)11-13-18/h4,7-8,10-13H,5-6,9,14-16H2,1-3H3. The number of rotatable bonds is 11. The third-order valence-electron chi connectivity index (χ3n) is 4.73. The summed E-state index contributed by atoms with van der Waals surface area (Å²) in [6.07, 6.45) is 2.20. The molecule has 0 fully saturated rings. The minimum absolute atomic E-state index is 0.119. The fraction of sp³-hybridized carbons (Fsp3) is 0.391. The lowest BCUT2D eigenvalue weighted by molar-refractivity contribution is -0.118. The van der Waals surface area contributed by atoms with E-state index in [0.717, 1.165) is 56.2 Å². The quantitative estimate of drug-likeness (QED) is 0.257. The van der Waals surface area contributed by atoms with Crippen LogP contribution in [0.3, 0.4) is 0 Å². The van der Waals surface area contributed by atoms with E-state index in [-0.39, 0.29) is 5.91 Å². The summed E-state index contributed by atoms with van der Waals surface area (Å²) < 4.78 is 6.47. The number of amides is 1. The van der Waals surface area contributed by atoms with Gasteiger partial charge in [-0.15, -0.1) is 11.8 Å². The molecule has 0 aliphatic rings. The van der Waals surface area contributed by atoms with Gasteiger partial charge in [0.25, 0.3) is 0 Å². The van der Waals surface area contributed by atoms with E-state index >= 15 is 0 Å². The molecule has 0 saturated carbocycles. The Morgan fingerprint density at radius 2 is 1.90 bits per heavy atom. The second kappa shape index (κ2) is 11.7. The van der Waals surface area contributed by atoms with E-state index in [1.165, 1.54) is 0 Å². The van der Waals surface area contributed by atoms with E-state index in [1.54, 1.807) is 30.2 Å². The lowest BCUT2D eigenvalue weighted by Gasteiger charge is -2.21. The predicted molar refractivity (Wildman–Crippen MR) is 133 cm³/mol. The van der Waals surface area contributed by atoms with Crippen LogP contribution in [0.4, 0.5) is 5.13 Å². The van der Waals surface area contributed by atoms with Crippen LogP contribution in [-0.4, -0.2) is 55.8 Å². The first-order chi connectivity index (χ1) is 15.0. The monoisotopic (exact) mass is 477 g/mol. The van der Waals surface area contributed by atoms with Gasteiger partial charge in [0, 0.05) is 22.9 Å². The summed E-state index contributed by atoms with van der Waals surface area (Å²) in [5.41, 5.74) is 0.814. The molecule has 1 aromatic heterocycles. The summed E-state index contributed by atoms with van der Waals surface area (Å²) in [5.74, 6) is 1.74. The topological polar surface area (TPSA) is 45.7 Å². The summed E-state index contributed by atoms with van der Waals surface area (Å²) in [5, 5.41) is 1.48. The number of para-hydroxylation sites is 1. The second-order valence-corrected chi connectivity index (χ2v) is 10.0. The lowest BCUT2D eigenvalue weighted by Crippen LogP contribution is -2.33. The Balaban J connectivity index is 1.66. The highest BCUT2D eigenvalue weighted by atomic mass is 35.5. The van der Waals surface area contributed by atoms with E-state index < -0.39 is 0 Å². The van der Waals surface area contributed by atoms with Gasteiger partial charge in [-0.25, -0.2) is 4.98 Å². The minimum atomic E-state index is 0.119. The predicted octanol–water partition coefficient (Wildman–Crippen LogP) is 5.82. The molecule has 31 heavy (non-hydrogen) atoms. The molecule has 0 radical (unpaired) electrons. The van der Waals surface area contributed by atoms with E-state index in [1.807, 2.05) is 61.5 Å². The largest absolute Gasteiger partial charge is 0.494 e. The Kier molecular flexibility index (Phi) is 9.02. The number of thioether (sulfide) groups is 1. The first-order valence-electron chi connectivity index (χ1n) is 10.2. The van der Waals surface area contributed by atoms with Gasteiger partial charge in [0.15, 0.2) is 5.13 Å². The van der Waals surface area contributed by atoms with Crippen molar-refractivity contribution in [3.8, 4) is 5.75 Å². The van der Waals surface area contributed by atoms with Gasteiger partial charge in [0.05, 0.1) is 11.8 Å². The van der Waals surface area contributed by atoms with Crippen molar-refractivity contribution in [3.63, 3.8) is 0 Å². The molecule has 1 amide bonds. The number of halogens is 1. The van der Waals surface area contributed by atoms with Crippen LogP contribution in [0.1, 0.15) is 19.3 Å². The Morgan fingerprint density at radius 3 is 2.61 bits per heavy atom. The third-order valence-corrected chi connectivity index (χ3v) is 7.12. The van der Waals surface area contributed by atoms with Crippen LogP contribution in [0.5, 0.6) is 5.75 Å². The highest BCUT2D eigenvalue weighted by Crippen LogP contribution is 2.34. The highest BCUT2D eigenvalue weighted by molar-refractivity contribution is 7.99. The first kappa shape index (κ1) is 23.9. The van der Waals surface area contributed by atoms with Crippen LogP contribution in [0.15, 0.2) is 47.4 Å². The van der Waals surface area contributed by atoms with E-state index in [4.69, 9.17) is 21.3 Å². The molecular weight excluding hydrogens is 450 g/mol. The van der Waals surface area contributed by atoms with Crippen LogP contribution < -0.4 is 9.64 Å². The number of hydrogen-bond donors (Lipinski definition) is 0. The second-order valence-electron chi connectivity index (χ2n) is 7.41. The van der Waals surface area contributed by atoms with E-state index in [2.05, 4.69) is 4.90 Å². The summed E-state index contributed by atoms with van der Waals surface area (Å²) in [4.78, 5) is 23.0. The fourth-order valence-corrected chi connectivity index (χ4v) is 5.15. The van der Waals surface area contributed by atoms with Gasteiger partial charge < -0.3 is 9.64 Å². The molecule has 166 valence electrons. The zero-order chi connectivity index (χ0) is 22.2. The molecule has 8 heteroatoms. The SMILES string of the molecule is COc1cccc2sc(N(CCCN(C)C)C(=O)CCCSc3ccc(Cl)cc3)nc12. The number of methoxy groups -OCH3 is 1. The van der Waals surface area contributed by atoms with Crippen LogP contribution in [0.2, 0.25) is 5.02 Å². The summed E-state index contributed by atoms with van der Waals surface area (Å²) >= 11 is 9.23. The smallest absolute Gasteiger partial charge is 0.228 e. The average molecular weight is 478 g/mol. The number of thiazole rings is 1. The Bertz CT molecular complexity index is 992. The molecule has 2 aromatic carbocycles. The van der Waals surface area contributed by atoms with Gasteiger partial charge >= 0.3 is 0 Å². The zero-order valence-corrected chi connectivity index (χ0v) is 20.5. The van der Waals surface area contributed by atoms with Crippen LogP contribution in [0.25, 0.3) is 10.2 Å². The molecular formula is C23H28ClN3O2S2. The molecule has 0 aliphatic heterocycles. The first-order valence-corrected chi connectivity index (χ1v) is 12.4. The third kappa shape index (κ3) is 6.84. The Hall–Kier alpha value is -1.80. The van der Waals surface area contributed by atoms with Gasteiger partial charge in [-0.1, -0.05) is 29.0 Å². The van der Waals surface area contributed by atoms with E-state index in [9.17, 15) is 4.79 Å². The summed E-state index contributed by atoms with van der Waals surface area (Å²) in [6, 6.07) is 13.7. The summed E-state index contributed by atoms with van der Waals surface area (Å²) in [6.45, 7) is 1.58. The lowest BCUT2D eigenvalue weighted by atomic mass is 10.3. The Morgan fingerprint density at radius 1 is 1.13 bits per heavy atom.